The third-order valence-corrected chi connectivity index (χ3v) is 6.38. The summed E-state index contributed by atoms with van der Waals surface area (Å²) >= 11 is 0. The summed E-state index contributed by atoms with van der Waals surface area (Å²) in [6, 6.07) is 17.7. The van der Waals surface area contributed by atoms with Gasteiger partial charge < -0.3 is 19.7 Å². The maximum atomic E-state index is 12.9. The number of amides is 2. The van der Waals surface area contributed by atoms with Gasteiger partial charge in [-0.3, -0.25) is 14.2 Å². The highest BCUT2D eigenvalue weighted by Crippen LogP contribution is 2.44. The van der Waals surface area contributed by atoms with Crippen LogP contribution in [0.25, 0.3) is 11.1 Å². The van der Waals surface area contributed by atoms with E-state index in [2.05, 4.69) is 29.0 Å². The lowest BCUT2D eigenvalue weighted by Gasteiger charge is -2.22. The Morgan fingerprint density at radius 2 is 1.72 bits per heavy atom. The van der Waals surface area contributed by atoms with E-state index in [9.17, 15) is 19.2 Å². The first-order chi connectivity index (χ1) is 19.0. The number of fused-ring (bicyclic) bond motifs is 3. The number of aromatic nitrogens is 2. The van der Waals surface area contributed by atoms with Gasteiger partial charge in [0.25, 0.3) is 0 Å². The Hall–Kier alpha value is -4.73. The molecule has 0 unspecified atom stereocenters. The summed E-state index contributed by atoms with van der Waals surface area (Å²) in [4.78, 5) is 54.3. The number of rotatable bonds is 12. The minimum atomic E-state index is -0.625. The van der Waals surface area contributed by atoms with E-state index in [0.29, 0.717) is 0 Å². The van der Waals surface area contributed by atoms with Crippen molar-refractivity contribution < 1.29 is 23.9 Å². The van der Waals surface area contributed by atoms with Crippen LogP contribution in [0.3, 0.4) is 0 Å². The molecular weight excluding hydrogens is 500 g/mol. The monoisotopic (exact) mass is 530 g/mol. The molecule has 0 aliphatic heterocycles. The van der Waals surface area contributed by atoms with E-state index in [1.165, 1.54) is 27.9 Å². The number of hydrogen-bond donors (Lipinski definition) is 1. The lowest BCUT2D eigenvalue weighted by atomic mass is 9.98. The molecule has 39 heavy (non-hydrogen) atoms. The summed E-state index contributed by atoms with van der Waals surface area (Å²) < 4.78 is 11.8. The third kappa shape index (κ3) is 6.98. The van der Waals surface area contributed by atoms with E-state index in [4.69, 9.17) is 9.47 Å². The average Bonchev–Trinajstić information content (AvgIpc) is 3.27. The highest BCUT2D eigenvalue weighted by Gasteiger charge is 2.29. The molecule has 202 valence electrons. The number of hydrogen-bond acceptors (Lipinski definition) is 7. The molecule has 1 N–H and O–H groups in total. The normalized spacial score (nSPS) is 11.7. The quantitative estimate of drug-likeness (QED) is 0.282. The summed E-state index contributed by atoms with van der Waals surface area (Å²) in [5.74, 6) is -1.06. The fourth-order valence-electron chi connectivity index (χ4n) is 4.52. The van der Waals surface area contributed by atoms with Crippen LogP contribution in [-0.4, -0.2) is 65.3 Å². The molecule has 10 heteroatoms. The van der Waals surface area contributed by atoms with Crippen LogP contribution in [-0.2, 0) is 25.6 Å². The Kier molecular flexibility index (Phi) is 9.23. The van der Waals surface area contributed by atoms with Gasteiger partial charge in [0.2, 0.25) is 5.91 Å². The summed E-state index contributed by atoms with van der Waals surface area (Å²) in [6.45, 7) is 3.59. The molecular formula is C29H30N4O6. The second-order valence-corrected chi connectivity index (χ2v) is 8.88. The van der Waals surface area contributed by atoms with Crippen molar-refractivity contribution in [1.29, 1.82) is 0 Å². The van der Waals surface area contributed by atoms with Crippen molar-refractivity contribution in [3.8, 4) is 11.1 Å². The number of benzene rings is 2. The van der Waals surface area contributed by atoms with E-state index >= 15 is 0 Å². The predicted molar refractivity (Wildman–Crippen MR) is 144 cm³/mol. The van der Waals surface area contributed by atoms with Crippen LogP contribution in [0.5, 0.6) is 0 Å². The molecule has 0 atom stereocenters. The summed E-state index contributed by atoms with van der Waals surface area (Å²) in [5.41, 5.74) is 4.00. The number of nitrogens with zero attached hydrogens (tertiary/aromatic N) is 3. The smallest absolute Gasteiger partial charge is 0.407 e. The molecule has 0 bridgehead atoms. The number of ether oxygens (including phenoxy) is 2. The molecule has 0 fully saturated rings. The molecule has 1 aromatic heterocycles. The summed E-state index contributed by atoms with van der Waals surface area (Å²) in [6.07, 6.45) is 3.67. The molecule has 2 aromatic carbocycles. The van der Waals surface area contributed by atoms with E-state index in [0.717, 1.165) is 22.3 Å². The highest BCUT2D eigenvalue weighted by molar-refractivity contribution is 5.82. The minimum absolute atomic E-state index is 0.0178. The molecule has 0 saturated heterocycles. The van der Waals surface area contributed by atoms with Crippen molar-refractivity contribution in [2.24, 2.45) is 0 Å². The molecule has 1 heterocycles. The molecule has 0 radical (unpaired) electrons. The van der Waals surface area contributed by atoms with Gasteiger partial charge in [-0.15, -0.1) is 0 Å². The van der Waals surface area contributed by atoms with Crippen molar-refractivity contribution in [3.63, 3.8) is 0 Å². The maximum Gasteiger partial charge on any atom is 0.407 e. The Bertz CT molecular complexity index is 1360. The van der Waals surface area contributed by atoms with Gasteiger partial charge in [-0.05, 0) is 28.3 Å². The van der Waals surface area contributed by atoms with E-state index < -0.39 is 17.8 Å². The van der Waals surface area contributed by atoms with Crippen molar-refractivity contribution in [1.82, 2.24) is 19.8 Å². The number of esters is 1. The number of alkyl carbamates (subject to hydrolysis) is 1. The first-order valence-electron chi connectivity index (χ1n) is 12.6. The van der Waals surface area contributed by atoms with Crippen LogP contribution in [0.15, 0.2) is 84.4 Å². The molecule has 2 amide bonds. The first kappa shape index (κ1) is 27.3. The van der Waals surface area contributed by atoms with Crippen LogP contribution < -0.4 is 11.0 Å². The van der Waals surface area contributed by atoms with Gasteiger partial charge in [0.15, 0.2) is 0 Å². The van der Waals surface area contributed by atoms with Crippen molar-refractivity contribution in [2.75, 3.05) is 32.8 Å². The summed E-state index contributed by atoms with van der Waals surface area (Å²) in [5, 5.41) is 2.65. The van der Waals surface area contributed by atoms with Crippen LogP contribution in [0.4, 0.5) is 4.79 Å². The van der Waals surface area contributed by atoms with Gasteiger partial charge in [0.05, 0.1) is 0 Å². The van der Waals surface area contributed by atoms with Crippen molar-refractivity contribution in [3.05, 3.63) is 101 Å². The lowest BCUT2D eigenvalue weighted by molar-refractivity contribution is -0.148. The Morgan fingerprint density at radius 1 is 1.03 bits per heavy atom. The molecule has 0 spiro atoms. The second-order valence-electron chi connectivity index (χ2n) is 8.88. The van der Waals surface area contributed by atoms with Gasteiger partial charge in [-0.1, -0.05) is 61.2 Å². The number of aryl methyl sites for hydroxylation is 1. The van der Waals surface area contributed by atoms with E-state index in [-0.39, 0.29) is 57.6 Å². The van der Waals surface area contributed by atoms with Crippen molar-refractivity contribution >= 4 is 18.0 Å². The second kappa shape index (κ2) is 13.2. The predicted octanol–water partition coefficient (Wildman–Crippen LogP) is 2.73. The molecule has 1 aliphatic rings. The van der Waals surface area contributed by atoms with Gasteiger partial charge in [-0.25, -0.2) is 14.6 Å². The third-order valence-electron chi connectivity index (χ3n) is 6.38. The summed E-state index contributed by atoms with van der Waals surface area (Å²) in [7, 11) is 0. The minimum Gasteiger partial charge on any atom is -0.460 e. The van der Waals surface area contributed by atoms with Gasteiger partial charge >= 0.3 is 17.8 Å². The molecule has 1 aliphatic carbocycles. The topological polar surface area (TPSA) is 120 Å². The van der Waals surface area contributed by atoms with E-state index in [1.54, 1.807) is 6.07 Å². The van der Waals surface area contributed by atoms with Crippen molar-refractivity contribution in [2.45, 2.75) is 18.9 Å². The zero-order chi connectivity index (χ0) is 27.6. The molecule has 10 nitrogen and oxygen atoms in total. The van der Waals surface area contributed by atoms with E-state index in [1.807, 2.05) is 36.4 Å². The zero-order valence-corrected chi connectivity index (χ0v) is 21.5. The van der Waals surface area contributed by atoms with Gasteiger partial charge in [0.1, 0.15) is 19.8 Å². The van der Waals surface area contributed by atoms with Crippen LogP contribution in [0.2, 0.25) is 0 Å². The molecule has 3 aromatic rings. The Balaban J connectivity index is 1.31. The molecule has 0 saturated carbocycles. The Labute approximate surface area is 225 Å². The van der Waals surface area contributed by atoms with Crippen LogP contribution >= 0.6 is 0 Å². The highest BCUT2D eigenvalue weighted by atomic mass is 16.5. The fourth-order valence-corrected chi connectivity index (χ4v) is 4.52. The van der Waals surface area contributed by atoms with Crippen LogP contribution in [0.1, 0.15) is 23.5 Å². The lowest BCUT2D eigenvalue weighted by Crippen LogP contribution is -2.42. The first-order valence-corrected chi connectivity index (χ1v) is 12.6. The zero-order valence-electron chi connectivity index (χ0n) is 21.5. The standard InChI is InChI=1S/C29H30N4O6/c1-2-18-38-27(35)19-33(26(34)12-16-32-15-7-13-30-28(32)36)17-14-31-29(37)39-20-25-23-10-5-3-8-21(23)22-9-4-6-11-24(22)25/h2-11,13,15,25H,1,12,14,16-20H2,(H,31,37). The largest absolute Gasteiger partial charge is 0.460 e. The average molecular weight is 531 g/mol. The SMILES string of the molecule is C=CCOC(=O)CN(CCNC(=O)OCC1c2ccccc2-c2ccccc21)C(=O)CCn1cccnc1=O. The fraction of sp³-hybridized carbons (Fsp3) is 0.276. The van der Waals surface area contributed by atoms with Gasteiger partial charge in [-0.2, -0.15) is 0 Å². The molecule has 4 rings (SSSR count). The van der Waals surface area contributed by atoms with Gasteiger partial charge in [0, 0.05) is 44.4 Å². The number of nitrogens with one attached hydrogen (secondary N) is 1. The van der Waals surface area contributed by atoms with Crippen LogP contribution in [0, 0.1) is 0 Å². The number of carbonyl (C=O) groups excluding carboxylic acids is 3. The number of carbonyl (C=O) groups is 3. The maximum absolute atomic E-state index is 12.9. The Morgan fingerprint density at radius 3 is 2.38 bits per heavy atom.